The Morgan fingerprint density at radius 2 is 2.27 bits per heavy atom. The Kier molecular flexibility index (Phi) is 4.37. The Balaban J connectivity index is 2.52. The van der Waals surface area contributed by atoms with E-state index in [9.17, 15) is 4.79 Å². The first-order valence-electron chi connectivity index (χ1n) is 5.17. The lowest BCUT2D eigenvalue weighted by molar-refractivity contribution is -0.143. The molecule has 1 unspecified atom stereocenters. The highest BCUT2D eigenvalue weighted by atomic mass is 16.5. The summed E-state index contributed by atoms with van der Waals surface area (Å²) in [6.45, 7) is 4.15. The third kappa shape index (κ3) is 3.40. The van der Waals surface area contributed by atoms with Gasteiger partial charge in [-0.15, -0.1) is 0 Å². The van der Waals surface area contributed by atoms with Gasteiger partial charge in [-0.2, -0.15) is 0 Å². The van der Waals surface area contributed by atoms with E-state index in [-0.39, 0.29) is 12.4 Å². The Morgan fingerprint density at radius 3 is 2.80 bits per heavy atom. The lowest BCUT2D eigenvalue weighted by Crippen LogP contribution is -2.16. The maximum Gasteiger partial charge on any atom is 0.307 e. The lowest BCUT2D eigenvalue weighted by atomic mass is 10.2. The lowest BCUT2D eigenvalue weighted by Gasteiger charge is -2.07. The Bertz CT molecular complexity index is 319. The van der Waals surface area contributed by atoms with Crippen molar-refractivity contribution in [2.75, 3.05) is 6.61 Å². The van der Waals surface area contributed by atoms with E-state index in [0.29, 0.717) is 12.4 Å². The van der Waals surface area contributed by atoms with Crippen LogP contribution >= 0.6 is 0 Å². The normalized spacial score (nSPS) is 12.5. The molecule has 2 N–H and O–H groups in total. The van der Waals surface area contributed by atoms with Crippen molar-refractivity contribution in [3.8, 4) is 0 Å². The van der Waals surface area contributed by atoms with Crippen LogP contribution in [-0.2, 0) is 16.0 Å². The fraction of sp³-hybridized carbons (Fsp3) is 0.545. The molecule has 1 aromatic rings. The van der Waals surface area contributed by atoms with Crippen LogP contribution in [0.2, 0.25) is 0 Å². The fourth-order valence-electron chi connectivity index (χ4n) is 1.28. The van der Waals surface area contributed by atoms with Crippen molar-refractivity contribution in [2.24, 2.45) is 5.73 Å². The summed E-state index contributed by atoms with van der Waals surface area (Å²) < 4.78 is 10.2. The van der Waals surface area contributed by atoms with Gasteiger partial charge in [0.25, 0.3) is 0 Å². The summed E-state index contributed by atoms with van der Waals surface area (Å²) in [7, 11) is 0. The van der Waals surface area contributed by atoms with Crippen LogP contribution in [0, 0.1) is 0 Å². The maximum atomic E-state index is 11.2. The number of nitrogens with two attached hydrogens (primary N) is 1. The summed E-state index contributed by atoms with van der Waals surface area (Å²) >= 11 is 0. The topological polar surface area (TPSA) is 65.5 Å². The van der Waals surface area contributed by atoms with Gasteiger partial charge in [0, 0.05) is 6.42 Å². The average molecular weight is 211 g/mol. The number of carbonyl (C=O) groups excluding carboxylic acids is 1. The predicted octanol–water partition coefficient (Wildman–Crippen LogP) is 1.80. The van der Waals surface area contributed by atoms with Crippen molar-refractivity contribution in [1.29, 1.82) is 0 Å². The van der Waals surface area contributed by atoms with Crippen molar-refractivity contribution >= 4 is 5.97 Å². The molecule has 0 fully saturated rings. The smallest absolute Gasteiger partial charge is 0.307 e. The van der Waals surface area contributed by atoms with Gasteiger partial charge in [0.05, 0.1) is 19.1 Å². The summed E-state index contributed by atoms with van der Waals surface area (Å²) in [5, 5.41) is 0. The third-order valence-electron chi connectivity index (χ3n) is 2.09. The van der Waals surface area contributed by atoms with Crippen molar-refractivity contribution < 1.29 is 13.9 Å². The Labute approximate surface area is 89.4 Å². The van der Waals surface area contributed by atoms with E-state index in [4.69, 9.17) is 14.9 Å². The highest BCUT2D eigenvalue weighted by molar-refractivity contribution is 5.70. The molecule has 1 rings (SSSR count). The van der Waals surface area contributed by atoms with Gasteiger partial charge in [0.15, 0.2) is 0 Å². The number of aryl methyl sites for hydroxylation is 1. The van der Waals surface area contributed by atoms with Gasteiger partial charge < -0.3 is 14.9 Å². The molecule has 0 aliphatic rings. The first-order valence-corrected chi connectivity index (χ1v) is 5.17. The summed E-state index contributed by atoms with van der Waals surface area (Å²) in [5.74, 6) is 1.23. The molecule has 0 spiro atoms. The molecule has 0 amide bonds. The highest BCUT2D eigenvalue weighted by Gasteiger charge is 2.15. The predicted molar refractivity (Wildman–Crippen MR) is 56.3 cm³/mol. The molecule has 1 atom stereocenters. The number of carbonyl (C=O) groups is 1. The van der Waals surface area contributed by atoms with Crippen molar-refractivity contribution in [2.45, 2.75) is 32.7 Å². The van der Waals surface area contributed by atoms with Crippen LogP contribution < -0.4 is 5.73 Å². The van der Waals surface area contributed by atoms with E-state index in [1.54, 1.807) is 6.92 Å². The van der Waals surface area contributed by atoms with Crippen LogP contribution in [0.4, 0.5) is 0 Å². The molecule has 0 radical (unpaired) electrons. The number of furan rings is 1. The highest BCUT2D eigenvalue weighted by Crippen LogP contribution is 2.18. The van der Waals surface area contributed by atoms with Gasteiger partial charge in [0.1, 0.15) is 11.5 Å². The SMILES string of the molecule is CCOC(=O)CC(N)c1ccc(CC)o1. The first-order chi connectivity index (χ1) is 7.17. The number of ether oxygens (including phenoxy) is 1. The molecular weight excluding hydrogens is 194 g/mol. The second-order valence-electron chi connectivity index (χ2n) is 3.27. The molecule has 4 heteroatoms. The van der Waals surface area contributed by atoms with Gasteiger partial charge in [-0.3, -0.25) is 4.79 Å². The molecule has 0 aliphatic carbocycles. The third-order valence-corrected chi connectivity index (χ3v) is 2.09. The minimum Gasteiger partial charge on any atom is -0.466 e. The second kappa shape index (κ2) is 5.56. The summed E-state index contributed by atoms with van der Waals surface area (Å²) in [6, 6.07) is 3.27. The molecule has 1 aromatic heterocycles. The zero-order chi connectivity index (χ0) is 11.3. The van der Waals surface area contributed by atoms with Crippen LogP contribution in [0.5, 0.6) is 0 Å². The minimum atomic E-state index is -0.413. The summed E-state index contributed by atoms with van der Waals surface area (Å²) in [6.07, 6.45) is 0.983. The van der Waals surface area contributed by atoms with E-state index in [0.717, 1.165) is 12.2 Å². The summed E-state index contributed by atoms with van der Waals surface area (Å²) in [5.41, 5.74) is 5.80. The van der Waals surface area contributed by atoms with Crippen molar-refractivity contribution in [3.05, 3.63) is 23.7 Å². The molecule has 4 nitrogen and oxygen atoms in total. The number of hydrogen-bond acceptors (Lipinski definition) is 4. The maximum absolute atomic E-state index is 11.2. The Morgan fingerprint density at radius 1 is 1.53 bits per heavy atom. The van der Waals surface area contributed by atoms with Crippen LogP contribution in [0.25, 0.3) is 0 Å². The molecule has 84 valence electrons. The van der Waals surface area contributed by atoms with E-state index >= 15 is 0 Å². The molecule has 0 bridgehead atoms. The molecular formula is C11H17NO3. The van der Waals surface area contributed by atoms with Gasteiger partial charge in [0.2, 0.25) is 0 Å². The Hall–Kier alpha value is -1.29. The first kappa shape index (κ1) is 11.8. The zero-order valence-corrected chi connectivity index (χ0v) is 9.16. The quantitative estimate of drug-likeness (QED) is 0.754. The summed E-state index contributed by atoms with van der Waals surface area (Å²) in [4.78, 5) is 11.2. The van der Waals surface area contributed by atoms with Crippen LogP contribution in [0.15, 0.2) is 16.5 Å². The molecule has 0 saturated carbocycles. The number of rotatable bonds is 5. The van der Waals surface area contributed by atoms with E-state index in [2.05, 4.69) is 0 Å². The molecule has 1 heterocycles. The van der Waals surface area contributed by atoms with E-state index in [1.807, 2.05) is 19.1 Å². The minimum absolute atomic E-state index is 0.157. The van der Waals surface area contributed by atoms with Crippen LogP contribution in [-0.4, -0.2) is 12.6 Å². The second-order valence-corrected chi connectivity index (χ2v) is 3.27. The zero-order valence-electron chi connectivity index (χ0n) is 9.16. The van der Waals surface area contributed by atoms with Crippen molar-refractivity contribution in [1.82, 2.24) is 0 Å². The monoisotopic (exact) mass is 211 g/mol. The van der Waals surface area contributed by atoms with Crippen molar-refractivity contribution in [3.63, 3.8) is 0 Å². The standard InChI is InChI=1S/C11H17NO3/c1-3-8-5-6-10(15-8)9(12)7-11(13)14-4-2/h5-6,9H,3-4,7,12H2,1-2H3. The van der Waals surface area contributed by atoms with Gasteiger partial charge >= 0.3 is 5.97 Å². The van der Waals surface area contributed by atoms with Gasteiger partial charge in [-0.05, 0) is 19.1 Å². The molecule has 0 aliphatic heterocycles. The van der Waals surface area contributed by atoms with E-state index in [1.165, 1.54) is 0 Å². The van der Waals surface area contributed by atoms with Gasteiger partial charge in [-0.1, -0.05) is 6.92 Å². The van der Waals surface area contributed by atoms with E-state index < -0.39 is 6.04 Å². The molecule has 15 heavy (non-hydrogen) atoms. The fourth-order valence-corrected chi connectivity index (χ4v) is 1.28. The largest absolute Gasteiger partial charge is 0.466 e. The molecule has 0 aromatic carbocycles. The van der Waals surface area contributed by atoms with Crippen LogP contribution in [0.3, 0.4) is 0 Å². The average Bonchev–Trinajstić information content (AvgIpc) is 2.66. The number of hydrogen-bond donors (Lipinski definition) is 1. The number of esters is 1. The van der Waals surface area contributed by atoms with Gasteiger partial charge in [-0.25, -0.2) is 0 Å². The molecule has 0 saturated heterocycles. The van der Waals surface area contributed by atoms with Crippen LogP contribution in [0.1, 0.15) is 37.8 Å².